The number of benzene rings is 1. The maximum atomic E-state index is 13.8. The fourth-order valence-corrected chi connectivity index (χ4v) is 2.49. The number of carbonyl (C=O) groups excluding carboxylic acids is 1. The van der Waals surface area contributed by atoms with Crippen LogP contribution in [-0.2, 0) is 16.1 Å². The summed E-state index contributed by atoms with van der Waals surface area (Å²) in [4.78, 5) is 14.3. The fraction of sp³-hybridized carbons (Fsp3) is 0.533. The van der Waals surface area contributed by atoms with Gasteiger partial charge in [-0.3, -0.25) is 4.79 Å². The molecule has 2 aliphatic rings. The van der Waals surface area contributed by atoms with Crippen LogP contribution in [0.15, 0.2) is 24.3 Å². The molecule has 1 saturated carbocycles. The Morgan fingerprint density at radius 1 is 1.40 bits per heavy atom. The molecule has 0 aromatic heterocycles. The molecule has 1 heterocycles. The second-order valence-corrected chi connectivity index (χ2v) is 5.35. The average molecular weight is 278 g/mol. The van der Waals surface area contributed by atoms with Gasteiger partial charge in [0.2, 0.25) is 0 Å². The lowest BCUT2D eigenvalue weighted by Crippen LogP contribution is -2.49. The maximum Gasteiger partial charge on any atom is 0.253 e. The van der Waals surface area contributed by atoms with E-state index < -0.39 is 6.10 Å². The number of nitrogens with zero attached hydrogens (tertiary/aromatic N) is 1. The molecule has 1 aliphatic carbocycles. The van der Waals surface area contributed by atoms with Crippen molar-refractivity contribution in [3.63, 3.8) is 0 Å². The van der Waals surface area contributed by atoms with Crippen LogP contribution in [0.2, 0.25) is 0 Å². The number of hydrogen-bond acceptors (Lipinski definition) is 3. The normalized spacial score (nSPS) is 22.6. The molecular formula is C15H19FN2O2. The molecule has 108 valence electrons. The number of nitrogens with one attached hydrogen (secondary N) is 1. The summed E-state index contributed by atoms with van der Waals surface area (Å²) in [6, 6.07) is 6.87. The summed E-state index contributed by atoms with van der Waals surface area (Å²) in [5.41, 5.74) is 0.566. The van der Waals surface area contributed by atoms with E-state index in [0.717, 1.165) is 19.4 Å². The van der Waals surface area contributed by atoms with Crippen molar-refractivity contribution in [2.24, 2.45) is 0 Å². The van der Waals surface area contributed by atoms with E-state index in [2.05, 4.69) is 5.32 Å². The molecule has 0 radical (unpaired) electrons. The van der Waals surface area contributed by atoms with Gasteiger partial charge in [-0.25, -0.2) is 4.39 Å². The van der Waals surface area contributed by atoms with Crippen LogP contribution in [0, 0.1) is 5.82 Å². The van der Waals surface area contributed by atoms with Crippen LogP contribution in [0.25, 0.3) is 0 Å². The van der Waals surface area contributed by atoms with Crippen LogP contribution < -0.4 is 5.32 Å². The van der Waals surface area contributed by atoms with Crippen LogP contribution in [0.5, 0.6) is 0 Å². The fourth-order valence-electron chi connectivity index (χ4n) is 2.49. The molecule has 1 amide bonds. The first kappa shape index (κ1) is 13.5. The summed E-state index contributed by atoms with van der Waals surface area (Å²) >= 11 is 0. The number of carbonyl (C=O) groups is 1. The molecule has 3 rings (SSSR count). The van der Waals surface area contributed by atoms with E-state index in [1.807, 2.05) is 0 Å². The maximum absolute atomic E-state index is 13.8. The van der Waals surface area contributed by atoms with E-state index in [0.29, 0.717) is 25.3 Å². The van der Waals surface area contributed by atoms with Gasteiger partial charge in [0.1, 0.15) is 11.9 Å². The number of hydrogen-bond donors (Lipinski definition) is 1. The predicted molar refractivity (Wildman–Crippen MR) is 72.6 cm³/mol. The Morgan fingerprint density at radius 2 is 2.20 bits per heavy atom. The van der Waals surface area contributed by atoms with E-state index >= 15 is 0 Å². The van der Waals surface area contributed by atoms with Gasteiger partial charge in [0.25, 0.3) is 5.91 Å². The lowest BCUT2D eigenvalue weighted by atomic mass is 10.1. The highest BCUT2D eigenvalue weighted by atomic mass is 19.1. The lowest BCUT2D eigenvalue weighted by Gasteiger charge is -2.30. The molecule has 0 unspecified atom stereocenters. The third-order valence-corrected chi connectivity index (χ3v) is 3.77. The van der Waals surface area contributed by atoms with Gasteiger partial charge in [-0.1, -0.05) is 18.2 Å². The Balaban J connectivity index is 1.72. The van der Waals surface area contributed by atoms with Gasteiger partial charge in [-0.15, -0.1) is 0 Å². The standard InChI is InChI=1S/C15H19FN2O2/c16-13-4-2-1-3-11(13)10-18(12-5-6-12)15(19)14-9-17-7-8-20-14/h1-4,12,14,17H,5-10H2/t14-/m1/s1. The number of amides is 1. The van der Waals surface area contributed by atoms with Crippen molar-refractivity contribution >= 4 is 5.91 Å². The Labute approximate surface area is 117 Å². The van der Waals surface area contributed by atoms with Crippen LogP contribution >= 0.6 is 0 Å². The summed E-state index contributed by atoms with van der Waals surface area (Å²) < 4.78 is 19.3. The first-order chi connectivity index (χ1) is 9.75. The average Bonchev–Trinajstić information content (AvgIpc) is 3.31. The monoisotopic (exact) mass is 278 g/mol. The van der Waals surface area contributed by atoms with E-state index in [9.17, 15) is 9.18 Å². The molecule has 0 spiro atoms. The molecule has 2 fully saturated rings. The molecule has 1 aliphatic heterocycles. The van der Waals surface area contributed by atoms with Gasteiger partial charge in [0.15, 0.2) is 0 Å². The van der Waals surface area contributed by atoms with Crippen molar-refractivity contribution in [1.29, 1.82) is 0 Å². The lowest BCUT2D eigenvalue weighted by molar-refractivity contribution is -0.146. The van der Waals surface area contributed by atoms with Crippen molar-refractivity contribution in [2.75, 3.05) is 19.7 Å². The van der Waals surface area contributed by atoms with Gasteiger partial charge in [-0.05, 0) is 18.9 Å². The highest BCUT2D eigenvalue weighted by Crippen LogP contribution is 2.29. The molecule has 1 aromatic carbocycles. The molecule has 1 aromatic rings. The Hall–Kier alpha value is -1.46. The summed E-state index contributed by atoms with van der Waals surface area (Å²) in [7, 11) is 0. The van der Waals surface area contributed by atoms with Crippen LogP contribution in [0.3, 0.4) is 0 Å². The molecule has 5 heteroatoms. The molecular weight excluding hydrogens is 259 g/mol. The molecule has 1 saturated heterocycles. The molecule has 1 atom stereocenters. The third-order valence-electron chi connectivity index (χ3n) is 3.77. The summed E-state index contributed by atoms with van der Waals surface area (Å²) in [6.07, 6.45) is 1.57. The van der Waals surface area contributed by atoms with Crippen molar-refractivity contribution in [1.82, 2.24) is 10.2 Å². The minimum absolute atomic E-state index is 0.0250. The zero-order chi connectivity index (χ0) is 13.9. The Morgan fingerprint density at radius 3 is 2.85 bits per heavy atom. The summed E-state index contributed by atoms with van der Waals surface area (Å²) in [5.74, 6) is -0.281. The number of morpholine rings is 1. The van der Waals surface area contributed by atoms with E-state index in [-0.39, 0.29) is 17.8 Å². The van der Waals surface area contributed by atoms with Crippen molar-refractivity contribution in [2.45, 2.75) is 31.5 Å². The zero-order valence-corrected chi connectivity index (χ0v) is 11.3. The molecule has 1 N–H and O–H groups in total. The SMILES string of the molecule is O=C([C@H]1CNCCO1)N(Cc1ccccc1F)C1CC1. The first-order valence-electron chi connectivity index (χ1n) is 7.12. The minimum atomic E-state index is -0.434. The molecule has 4 nitrogen and oxygen atoms in total. The topological polar surface area (TPSA) is 41.6 Å². The van der Waals surface area contributed by atoms with E-state index in [1.165, 1.54) is 6.07 Å². The summed E-state index contributed by atoms with van der Waals surface area (Å²) in [5, 5.41) is 3.16. The van der Waals surface area contributed by atoms with Crippen molar-refractivity contribution in [3.8, 4) is 0 Å². The smallest absolute Gasteiger partial charge is 0.253 e. The van der Waals surface area contributed by atoms with Crippen molar-refractivity contribution < 1.29 is 13.9 Å². The van der Waals surface area contributed by atoms with Crippen molar-refractivity contribution in [3.05, 3.63) is 35.6 Å². The number of halogens is 1. The number of rotatable bonds is 4. The zero-order valence-electron chi connectivity index (χ0n) is 11.3. The highest BCUT2D eigenvalue weighted by molar-refractivity contribution is 5.82. The second-order valence-electron chi connectivity index (χ2n) is 5.35. The minimum Gasteiger partial charge on any atom is -0.366 e. The Bertz CT molecular complexity index is 485. The quantitative estimate of drug-likeness (QED) is 0.903. The van der Waals surface area contributed by atoms with Crippen LogP contribution in [-0.4, -0.2) is 42.6 Å². The highest BCUT2D eigenvalue weighted by Gasteiger charge is 2.37. The van der Waals surface area contributed by atoms with Crippen LogP contribution in [0.4, 0.5) is 4.39 Å². The van der Waals surface area contributed by atoms with Gasteiger partial charge in [0, 0.05) is 31.2 Å². The number of ether oxygens (including phenoxy) is 1. The van der Waals surface area contributed by atoms with Gasteiger partial charge in [-0.2, -0.15) is 0 Å². The third kappa shape index (κ3) is 2.99. The van der Waals surface area contributed by atoms with Crippen LogP contribution in [0.1, 0.15) is 18.4 Å². The van der Waals surface area contributed by atoms with Gasteiger partial charge in [0.05, 0.1) is 6.61 Å². The Kier molecular flexibility index (Phi) is 3.98. The van der Waals surface area contributed by atoms with Gasteiger partial charge < -0.3 is 15.0 Å². The summed E-state index contributed by atoms with van der Waals surface area (Å²) in [6.45, 7) is 2.20. The first-order valence-corrected chi connectivity index (χ1v) is 7.12. The van der Waals surface area contributed by atoms with E-state index in [1.54, 1.807) is 23.1 Å². The second kappa shape index (κ2) is 5.89. The largest absolute Gasteiger partial charge is 0.366 e. The van der Waals surface area contributed by atoms with E-state index in [4.69, 9.17) is 4.74 Å². The molecule has 20 heavy (non-hydrogen) atoms. The molecule has 0 bridgehead atoms. The predicted octanol–water partition coefficient (Wildman–Crippen LogP) is 1.31. The van der Waals surface area contributed by atoms with Gasteiger partial charge >= 0.3 is 0 Å².